The standard InChI is InChI=1S/C15H10F3IO3S3/c16-15(17,18)25(20,21)22-19(11-5-2-1-3-6-11)14-9-8-13(24-14)12-7-4-10-23-12/h1-10H. The van der Waals surface area contributed by atoms with Gasteiger partial charge in [0.1, 0.15) is 0 Å². The molecule has 1 aromatic carbocycles. The first kappa shape index (κ1) is 18.8. The van der Waals surface area contributed by atoms with Crippen LogP contribution in [0.25, 0.3) is 9.75 Å². The van der Waals surface area contributed by atoms with Gasteiger partial charge in [0.15, 0.2) is 0 Å². The van der Waals surface area contributed by atoms with Gasteiger partial charge in [-0.15, -0.1) is 0 Å². The third-order valence-electron chi connectivity index (χ3n) is 2.87. The first-order valence-corrected chi connectivity index (χ1v) is 12.8. The summed E-state index contributed by atoms with van der Waals surface area (Å²) in [6.45, 7) is 0. The average Bonchev–Trinajstić information content (AvgIpc) is 3.23. The Morgan fingerprint density at radius 2 is 1.64 bits per heavy atom. The van der Waals surface area contributed by atoms with Crippen LogP contribution in [0.5, 0.6) is 0 Å². The molecule has 134 valence electrons. The van der Waals surface area contributed by atoms with E-state index < -0.39 is 35.9 Å². The van der Waals surface area contributed by atoms with E-state index in [4.69, 9.17) is 2.51 Å². The summed E-state index contributed by atoms with van der Waals surface area (Å²) < 4.78 is 67.1. The molecule has 2 heterocycles. The molecule has 0 N–H and O–H groups in total. The van der Waals surface area contributed by atoms with Gasteiger partial charge >= 0.3 is 159 Å². The number of rotatable bonds is 5. The van der Waals surface area contributed by atoms with Gasteiger partial charge in [-0.05, 0) is 0 Å². The fourth-order valence-electron chi connectivity index (χ4n) is 1.78. The Hall–Kier alpha value is -0.950. The number of hydrogen-bond acceptors (Lipinski definition) is 5. The molecular formula is C15H10F3IO3S3. The van der Waals surface area contributed by atoms with Crippen LogP contribution < -0.4 is 0 Å². The number of benzene rings is 1. The molecule has 0 spiro atoms. The van der Waals surface area contributed by atoms with Crippen molar-refractivity contribution in [2.75, 3.05) is 0 Å². The molecule has 2 aromatic heterocycles. The Morgan fingerprint density at radius 1 is 0.920 bits per heavy atom. The summed E-state index contributed by atoms with van der Waals surface area (Å²) in [6.07, 6.45) is 0. The van der Waals surface area contributed by atoms with E-state index in [1.54, 1.807) is 42.5 Å². The van der Waals surface area contributed by atoms with Gasteiger partial charge in [0.25, 0.3) is 0 Å². The van der Waals surface area contributed by atoms with Crippen LogP contribution in [0.15, 0.2) is 60.0 Å². The molecule has 3 aromatic rings. The Balaban J connectivity index is 2.01. The second-order valence-corrected chi connectivity index (χ2v) is 13.8. The maximum atomic E-state index is 12.8. The van der Waals surface area contributed by atoms with E-state index >= 15 is 0 Å². The van der Waals surface area contributed by atoms with Crippen LogP contribution in [0, 0.1) is 6.45 Å². The monoisotopic (exact) mass is 518 g/mol. The van der Waals surface area contributed by atoms with Gasteiger partial charge < -0.3 is 0 Å². The quantitative estimate of drug-likeness (QED) is 0.317. The van der Waals surface area contributed by atoms with E-state index in [0.29, 0.717) is 6.45 Å². The molecule has 0 aliphatic heterocycles. The van der Waals surface area contributed by atoms with E-state index in [1.165, 1.54) is 22.7 Å². The Bertz CT molecular complexity index is 935. The zero-order chi connectivity index (χ0) is 18.1. The van der Waals surface area contributed by atoms with E-state index in [1.807, 2.05) is 17.5 Å². The average molecular weight is 518 g/mol. The first-order valence-electron chi connectivity index (χ1n) is 6.68. The molecule has 3 nitrogen and oxygen atoms in total. The van der Waals surface area contributed by atoms with Crippen LogP contribution in [-0.4, -0.2) is 13.9 Å². The molecule has 0 aliphatic rings. The van der Waals surface area contributed by atoms with Crippen LogP contribution in [0.1, 0.15) is 0 Å². The summed E-state index contributed by atoms with van der Waals surface area (Å²) in [5.41, 5.74) is -5.44. The number of thiophene rings is 2. The van der Waals surface area contributed by atoms with Crippen molar-refractivity contribution in [3.63, 3.8) is 0 Å². The molecule has 25 heavy (non-hydrogen) atoms. The summed E-state index contributed by atoms with van der Waals surface area (Å²) in [6, 6.07) is 15.4. The van der Waals surface area contributed by atoms with Gasteiger partial charge in [-0.25, -0.2) is 0 Å². The van der Waals surface area contributed by atoms with Crippen LogP contribution in [0.4, 0.5) is 13.2 Å². The van der Waals surface area contributed by atoms with Gasteiger partial charge in [-0.1, -0.05) is 0 Å². The normalized spacial score (nSPS) is 13.0. The molecule has 0 unspecified atom stereocenters. The number of alkyl halides is 3. The van der Waals surface area contributed by atoms with Crippen molar-refractivity contribution < 1.29 is 24.1 Å². The molecule has 3 rings (SSSR count). The Kier molecular flexibility index (Phi) is 5.54. The SMILES string of the molecule is O=S(=O)(OI(c1ccccc1)c1ccc(-c2cccs2)s1)C(F)(F)F. The Morgan fingerprint density at radius 3 is 2.24 bits per heavy atom. The third kappa shape index (κ3) is 4.25. The third-order valence-corrected chi connectivity index (χ3v) is 12.9. The van der Waals surface area contributed by atoms with Crippen molar-refractivity contribution in [2.24, 2.45) is 0 Å². The molecule has 0 radical (unpaired) electrons. The van der Waals surface area contributed by atoms with Crippen LogP contribution >= 0.6 is 42.9 Å². The van der Waals surface area contributed by atoms with Gasteiger partial charge in [-0.2, -0.15) is 0 Å². The topological polar surface area (TPSA) is 43.4 Å². The summed E-state index contributed by atoms with van der Waals surface area (Å²) in [5, 5.41) is 1.90. The zero-order valence-electron chi connectivity index (χ0n) is 12.2. The second kappa shape index (κ2) is 7.35. The zero-order valence-corrected chi connectivity index (χ0v) is 16.8. The Labute approximate surface area is 158 Å². The fraction of sp³-hybridized carbons (Fsp3) is 0.0667. The summed E-state index contributed by atoms with van der Waals surface area (Å²) in [5.74, 6) is 0. The summed E-state index contributed by atoms with van der Waals surface area (Å²) >= 11 is -0.489. The van der Waals surface area contributed by atoms with Gasteiger partial charge in [0, 0.05) is 0 Å². The van der Waals surface area contributed by atoms with Crippen LogP contribution in [0.2, 0.25) is 0 Å². The molecule has 10 heteroatoms. The predicted octanol–water partition coefficient (Wildman–Crippen LogP) is 5.80. The van der Waals surface area contributed by atoms with Crippen LogP contribution in [-0.2, 0) is 12.6 Å². The first-order chi connectivity index (χ1) is 11.8. The van der Waals surface area contributed by atoms with Crippen molar-refractivity contribution in [1.82, 2.24) is 0 Å². The van der Waals surface area contributed by atoms with Gasteiger partial charge in [-0.3, -0.25) is 0 Å². The minimum atomic E-state index is -5.66. The molecule has 0 fully saturated rings. The van der Waals surface area contributed by atoms with Crippen molar-refractivity contribution in [1.29, 1.82) is 0 Å². The summed E-state index contributed by atoms with van der Waals surface area (Å²) in [7, 11) is -5.66. The van der Waals surface area contributed by atoms with E-state index in [9.17, 15) is 21.6 Å². The molecule has 0 saturated carbocycles. The molecule has 0 amide bonds. The maximum absolute atomic E-state index is 12.8. The second-order valence-electron chi connectivity index (χ2n) is 4.59. The van der Waals surface area contributed by atoms with Crippen LogP contribution in [0.3, 0.4) is 0 Å². The number of halogens is 4. The van der Waals surface area contributed by atoms with Crippen molar-refractivity contribution in [3.05, 3.63) is 66.4 Å². The van der Waals surface area contributed by atoms with Crippen molar-refractivity contribution >= 4 is 53.0 Å². The predicted molar refractivity (Wildman–Crippen MR) is 102 cm³/mol. The van der Waals surface area contributed by atoms with E-state index in [-0.39, 0.29) is 0 Å². The number of hydrogen-bond donors (Lipinski definition) is 0. The molecule has 0 saturated heterocycles. The minimum absolute atomic E-state index is 0.485. The molecule has 0 bridgehead atoms. The fourth-order valence-corrected chi connectivity index (χ4v) is 11.6. The van der Waals surface area contributed by atoms with Crippen molar-refractivity contribution in [2.45, 2.75) is 5.51 Å². The van der Waals surface area contributed by atoms with Gasteiger partial charge in [0.05, 0.1) is 0 Å². The van der Waals surface area contributed by atoms with E-state index in [0.717, 1.165) is 9.75 Å². The molecule has 0 aliphatic carbocycles. The van der Waals surface area contributed by atoms with Crippen molar-refractivity contribution in [3.8, 4) is 9.75 Å². The molecular weight excluding hydrogens is 508 g/mol. The summed E-state index contributed by atoms with van der Waals surface area (Å²) in [4.78, 5) is 1.84. The molecule has 0 atom stereocenters. The van der Waals surface area contributed by atoms with Gasteiger partial charge in [0.2, 0.25) is 0 Å². The van der Waals surface area contributed by atoms with E-state index in [2.05, 4.69) is 0 Å².